The van der Waals surface area contributed by atoms with Gasteiger partial charge in [0.2, 0.25) is 0 Å². The van der Waals surface area contributed by atoms with Gasteiger partial charge in [-0.15, -0.1) is 0 Å². The third kappa shape index (κ3) is 4.43. The minimum absolute atomic E-state index is 0.00173. The topological polar surface area (TPSA) is 81.4 Å². The van der Waals surface area contributed by atoms with E-state index in [1.54, 1.807) is 25.1 Å². The molecule has 0 radical (unpaired) electrons. The van der Waals surface area contributed by atoms with Crippen molar-refractivity contribution in [2.45, 2.75) is 6.92 Å². The molecule has 0 saturated carbocycles. The third-order valence-corrected chi connectivity index (χ3v) is 3.28. The number of esters is 1. The van der Waals surface area contributed by atoms with Crippen molar-refractivity contribution in [2.75, 3.05) is 17.7 Å². The first-order valence-electron chi connectivity index (χ1n) is 6.65. The second-order valence-corrected chi connectivity index (χ2v) is 5.25. The van der Waals surface area contributed by atoms with E-state index in [4.69, 9.17) is 22.1 Å². The number of amides is 1. The molecular weight excluding hydrogens is 323 g/mol. The van der Waals surface area contributed by atoms with Crippen molar-refractivity contribution in [2.24, 2.45) is 0 Å². The number of rotatable bonds is 4. The average Bonchev–Trinajstić information content (AvgIpc) is 2.48. The van der Waals surface area contributed by atoms with Crippen LogP contribution in [0.15, 0.2) is 36.4 Å². The summed E-state index contributed by atoms with van der Waals surface area (Å²) in [7, 11) is 0. The maximum absolute atomic E-state index is 12.9. The highest BCUT2D eigenvalue weighted by Gasteiger charge is 2.14. The third-order valence-electron chi connectivity index (χ3n) is 3.04. The fourth-order valence-electron chi connectivity index (χ4n) is 1.84. The van der Waals surface area contributed by atoms with Crippen molar-refractivity contribution < 1.29 is 18.7 Å². The molecule has 0 bridgehead atoms. The van der Waals surface area contributed by atoms with Gasteiger partial charge in [0.1, 0.15) is 5.82 Å². The molecule has 7 heteroatoms. The van der Waals surface area contributed by atoms with E-state index >= 15 is 0 Å². The lowest BCUT2D eigenvalue weighted by atomic mass is 10.2. The lowest BCUT2D eigenvalue weighted by Crippen LogP contribution is -2.21. The van der Waals surface area contributed by atoms with Gasteiger partial charge in [-0.05, 0) is 42.8 Å². The van der Waals surface area contributed by atoms with Crippen molar-refractivity contribution in [3.63, 3.8) is 0 Å². The van der Waals surface area contributed by atoms with Crippen LogP contribution in [0.2, 0.25) is 5.02 Å². The Morgan fingerprint density at radius 1 is 1.26 bits per heavy atom. The number of nitrogens with one attached hydrogen (secondary N) is 1. The number of carbonyl (C=O) groups is 2. The Morgan fingerprint density at radius 3 is 2.70 bits per heavy atom. The molecule has 3 N–H and O–H groups in total. The zero-order valence-corrected chi connectivity index (χ0v) is 13.0. The van der Waals surface area contributed by atoms with Gasteiger partial charge in [-0.1, -0.05) is 17.7 Å². The van der Waals surface area contributed by atoms with Gasteiger partial charge in [-0.2, -0.15) is 0 Å². The SMILES string of the molecule is Cc1ccc(Cl)cc1NC(=O)COC(=O)c1ccc(F)cc1N. The molecule has 0 aliphatic heterocycles. The number of benzene rings is 2. The molecule has 0 aliphatic carbocycles. The quantitative estimate of drug-likeness (QED) is 0.663. The lowest BCUT2D eigenvalue weighted by Gasteiger charge is -2.10. The summed E-state index contributed by atoms with van der Waals surface area (Å²) in [5.41, 5.74) is 6.82. The van der Waals surface area contributed by atoms with Gasteiger partial charge in [0.25, 0.3) is 5.91 Å². The Kier molecular flexibility index (Phi) is 5.18. The van der Waals surface area contributed by atoms with Crippen LogP contribution in [-0.4, -0.2) is 18.5 Å². The van der Waals surface area contributed by atoms with E-state index in [0.717, 1.165) is 17.7 Å². The highest BCUT2D eigenvalue weighted by atomic mass is 35.5. The molecule has 2 aromatic rings. The second kappa shape index (κ2) is 7.11. The number of carbonyl (C=O) groups excluding carboxylic acids is 2. The van der Waals surface area contributed by atoms with Crippen LogP contribution < -0.4 is 11.1 Å². The minimum atomic E-state index is -0.805. The van der Waals surface area contributed by atoms with Crippen molar-refractivity contribution in [1.29, 1.82) is 0 Å². The van der Waals surface area contributed by atoms with Crippen LogP contribution in [0.4, 0.5) is 15.8 Å². The highest BCUT2D eigenvalue weighted by molar-refractivity contribution is 6.31. The molecule has 0 aliphatic rings. The highest BCUT2D eigenvalue weighted by Crippen LogP contribution is 2.20. The number of ether oxygens (including phenoxy) is 1. The summed E-state index contributed by atoms with van der Waals surface area (Å²) in [4.78, 5) is 23.7. The Hall–Kier alpha value is -2.60. The zero-order chi connectivity index (χ0) is 17.0. The van der Waals surface area contributed by atoms with Crippen LogP contribution in [0.1, 0.15) is 15.9 Å². The summed E-state index contributed by atoms with van der Waals surface area (Å²) >= 11 is 5.86. The van der Waals surface area contributed by atoms with Crippen molar-refractivity contribution in [1.82, 2.24) is 0 Å². The molecule has 1 amide bonds. The number of nitrogen functional groups attached to an aromatic ring is 1. The maximum atomic E-state index is 12.9. The molecule has 0 aromatic heterocycles. The van der Waals surface area contributed by atoms with Gasteiger partial charge in [-0.25, -0.2) is 9.18 Å². The van der Waals surface area contributed by atoms with E-state index in [-0.39, 0.29) is 11.3 Å². The molecule has 120 valence electrons. The van der Waals surface area contributed by atoms with E-state index in [9.17, 15) is 14.0 Å². The molecule has 0 unspecified atom stereocenters. The fourth-order valence-corrected chi connectivity index (χ4v) is 2.02. The Balaban J connectivity index is 1.96. The first-order chi connectivity index (χ1) is 10.9. The maximum Gasteiger partial charge on any atom is 0.340 e. The Labute approximate surface area is 137 Å². The largest absolute Gasteiger partial charge is 0.452 e. The van der Waals surface area contributed by atoms with Crippen molar-refractivity contribution in [3.05, 3.63) is 58.4 Å². The zero-order valence-electron chi connectivity index (χ0n) is 12.2. The summed E-state index contributed by atoms with van der Waals surface area (Å²) in [5.74, 6) is -1.89. The Bertz CT molecular complexity index is 765. The van der Waals surface area contributed by atoms with Crippen molar-refractivity contribution >= 4 is 34.9 Å². The molecule has 0 fully saturated rings. The summed E-state index contributed by atoms with van der Waals surface area (Å²) in [6.07, 6.45) is 0. The summed E-state index contributed by atoms with van der Waals surface area (Å²) in [6.45, 7) is 1.30. The standard InChI is InChI=1S/C16H14ClFN2O3/c1-9-2-3-10(17)6-14(9)20-15(21)8-23-16(22)12-5-4-11(18)7-13(12)19/h2-7H,8,19H2,1H3,(H,20,21). The van der Waals surface area contributed by atoms with E-state index in [2.05, 4.69) is 5.32 Å². The number of nitrogens with two attached hydrogens (primary N) is 1. The normalized spacial score (nSPS) is 10.2. The second-order valence-electron chi connectivity index (χ2n) is 4.82. The van der Waals surface area contributed by atoms with Gasteiger partial charge in [0.05, 0.1) is 5.56 Å². The first kappa shape index (κ1) is 16.8. The molecule has 0 saturated heterocycles. The summed E-state index contributed by atoms with van der Waals surface area (Å²) in [6, 6.07) is 8.34. The van der Waals surface area contributed by atoms with Crippen LogP contribution in [0.25, 0.3) is 0 Å². The van der Waals surface area contributed by atoms with Crippen LogP contribution in [0.3, 0.4) is 0 Å². The fraction of sp³-hybridized carbons (Fsp3) is 0.125. The molecule has 0 atom stereocenters. The van der Waals surface area contributed by atoms with Gasteiger partial charge >= 0.3 is 5.97 Å². The molecule has 0 heterocycles. The molecule has 0 spiro atoms. The van der Waals surface area contributed by atoms with E-state index in [1.807, 2.05) is 0 Å². The number of aryl methyl sites for hydroxylation is 1. The number of hydrogen-bond donors (Lipinski definition) is 2. The lowest BCUT2D eigenvalue weighted by molar-refractivity contribution is -0.119. The first-order valence-corrected chi connectivity index (χ1v) is 7.03. The van der Waals surface area contributed by atoms with Crippen LogP contribution in [0.5, 0.6) is 0 Å². The van der Waals surface area contributed by atoms with Gasteiger partial charge in [-0.3, -0.25) is 4.79 Å². The predicted molar refractivity (Wildman–Crippen MR) is 85.9 cm³/mol. The summed E-state index contributed by atoms with van der Waals surface area (Å²) < 4.78 is 17.8. The summed E-state index contributed by atoms with van der Waals surface area (Å²) in [5, 5.41) is 3.06. The molecule has 2 rings (SSSR count). The smallest absolute Gasteiger partial charge is 0.340 e. The van der Waals surface area contributed by atoms with Crippen molar-refractivity contribution in [3.8, 4) is 0 Å². The van der Waals surface area contributed by atoms with E-state index < -0.39 is 24.3 Å². The molecule has 2 aromatic carbocycles. The number of anilines is 2. The molecular formula is C16H14ClFN2O3. The van der Waals surface area contributed by atoms with Gasteiger partial charge in [0, 0.05) is 16.4 Å². The van der Waals surface area contributed by atoms with Crippen LogP contribution in [-0.2, 0) is 9.53 Å². The average molecular weight is 337 g/mol. The monoisotopic (exact) mass is 336 g/mol. The number of halogens is 2. The van der Waals surface area contributed by atoms with Gasteiger partial charge < -0.3 is 15.8 Å². The number of hydrogen-bond acceptors (Lipinski definition) is 4. The van der Waals surface area contributed by atoms with E-state index in [1.165, 1.54) is 6.07 Å². The molecule has 5 nitrogen and oxygen atoms in total. The minimum Gasteiger partial charge on any atom is -0.452 e. The van der Waals surface area contributed by atoms with Gasteiger partial charge in [0.15, 0.2) is 6.61 Å². The predicted octanol–water partition coefficient (Wildman–Crippen LogP) is 3.17. The molecule has 23 heavy (non-hydrogen) atoms. The van der Waals surface area contributed by atoms with E-state index in [0.29, 0.717) is 10.7 Å². The Morgan fingerprint density at radius 2 is 2.00 bits per heavy atom. The van der Waals surface area contributed by atoms with Crippen LogP contribution in [0, 0.1) is 12.7 Å². The van der Waals surface area contributed by atoms with Crippen LogP contribution >= 0.6 is 11.6 Å².